The third-order valence-corrected chi connectivity index (χ3v) is 4.35. The fourth-order valence-electron chi connectivity index (χ4n) is 1.40. The normalized spacial score (nSPS) is 13.6. The average Bonchev–Trinajstić information content (AvgIpc) is 2.28. The molecule has 0 fully saturated rings. The van der Waals surface area contributed by atoms with Crippen LogP contribution in [-0.4, -0.2) is 19.8 Å². The molecule has 1 aromatic rings. The van der Waals surface area contributed by atoms with E-state index in [0.29, 0.717) is 12.8 Å². The molecule has 0 aliphatic carbocycles. The van der Waals surface area contributed by atoms with Gasteiger partial charge in [0.15, 0.2) is 0 Å². The summed E-state index contributed by atoms with van der Waals surface area (Å²) in [6.07, 6.45) is 1.39. The minimum Gasteiger partial charge on any atom is -0.208 e. The van der Waals surface area contributed by atoms with Crippen LogP contribution >= 0.6 is 15.9 Å². The molecule has 6 heteroatoms. The monoisotopic (exact) mass is 323 g/mol. The first-order chi connectivity index (χ1) is 7.99. The van der Waals surface area contributed by atoms with Gasteiger partial charge in [-0.1, -0.05) is 28.9 Å². The highest BCUT2D eigenvalue weighted by atomic mass is 79.9. The molecule has 0 bridgehead atoms. The number of alkyl halides is 1. The number of hydrogen-bond acceptors (Lipinski definition) is 2. The highest BCUT2D eigenvalue weighted by molar-refractivity contribution is 9.09. The maximum atomic E-state index is 13.0. The summed E-state index contributed by atoms with van der Waals surface area (Å²) in [6.45, 7) is 1.90. The third kappa shape index (κ3) is 4.37. The lowest BCUT2D eigenvalue weighted by molar-refractivity contribution is 0.531. The molecule has 1 aromatic carbocycles. The molecule has 96 valence electrons. The van der Waals surface area contributed by atoms with Crippen molar-refractivity contribution in [3.63, 3.8) is 0 Å². The van der Waals surface area contributed by atoms with Crippen LogP contribution in [0.25, 0.3) is 0 Å². The molecule has 17 heavy (non-hydrogen) atoms. The van der Waals surface area contributed by atoms with Crippen LogP contribution in [0, 0.1) is 5.82 Å². The molecular weight excluding hydrogens is 309 g/mol. The SMILES string of the molecule is CCC(CCBr)NS(=O)(=O)c1cccc(F)c1. The van der Waals surface area contributed by atoms with E-state index in [4.69, 9.17) is 0 Å². The maximum absolute atomic E-state index is 13.0. The zero-order valence-electron chi connectivity index (χ0n) is 9.49. The molecule has 1 N–H and O–H groups in total. The van der Waals surface area contributed by atoms with E-state index in [-0.39, 0.29) is 10.9 Å². The maximum Gasteiger partial charge on any atom is 0.240 e. The van der Waals surface area contributed by atoms with E-state index >= 15 is 0 Å². The Labute approximate surface area is 110 Å². The van der Waals surface area contributed by atoms with Crippen molar-refractivity contribution in [3.8, 4) is 0 Å². The number of nitrogens with one attached hydrogen (secondary N) is 1. The summed E-state index contributed by atoms with van der Waals surface area (Å²) in [5.41, 5.74) is 0. The minimum atomic E-state index is -3.63. The highest BCUT2D eigenvalue weighted by Gasteiger charge is 2.18. The first-order valence-electron chi connectivity index (χ1n) is 5.33. The van der Waals surface area contributed by atoms with Crippen molar-refractivity contribution in [2.24, 2.45) is 0 Å². The number of sulfonamides is 1. The number of benzene rings is 1. The fourth-order valence-corrected chi connectivity index (χ4v) is 3.34. The zero-order chi connectivity index (χ0) is 12.9. The van der Waals surface area contributed by atoms with Gasteiger partial charge in [0.05, 0.1) is 4.90 Å². The topological polar surface area (TPSA) is 46.2 Å². The van der Waals surface area contributed by atoms with Gasteiger partial charge in [0.1, 0.15) is 5.82 Å². The molecular formula is C11H15BrFNO2S. The highest BCUT2D eigenvalue weighted by Crippen LogP contribution is 2.12. The summed E-state index contributed by atoms with van der Waals surface area (Å²) in [6, 6.07) is 4.86. The van der Waals surface area contributed by atoms with Crippen LogP contribution in [0.2, 0.25) is 0 Å². The molecule has 0 saturated heterocycles. The number of hydrogen-bond donors (Lipinski definition) is 1. The first-order valence-corrected chi connectivity index (χ1v) is 7.94. The van der Waals surface area contributed by atoms with Gasteiger partial charge in [0, 0.05) is 11.4 Å². The number of halogens is 2. The third-order valence-electron chi connectivity index (χ3n) is 2.38. The Morgan fingerprint density at radius 1 is 1.47 bits per heavy atom. The fraction of sp³-hybridized carbons (Fsp3) is 0.455. The van der Waals surface area contributed by atoms with Gasteiger partial charge in [-0.2, -0.15) is 0 Å². The minimum absolute atomic E-state index is 0.0366. The Hall–Kier alpha value is -0.460. The summed E-state index contributed by atoms with van der Waals surface area (Å²) < 4.78 is 39.4. The van der Waals surface area contributed by atoms with Gasteiger partial charge in [0.2, 0.25) is 10.0 Å². The second kappa shape index (κ2) is 6.47. The van der Waals surface area contributed by atoms with E-state index in [0.717, 1.165) is 11.4 Å². The molecule has 0 saturated carbocycles. The van der Waals surface area contributed by atoms with E-state index in [1.54, 1.807) is 0 Å². The first kappa shape index (κ1) is 14.6. The van der Waals surface area contributed by atoms with Crippen LogP contribution in [0.15, 0.2) is 29.2 Å². The Morgan fingerprint density at radius 3 is 2.71 bits per heavy atom. The molecule has 0 aliphatic heterocycles. The van der Waals surface area contributed by atoms with Gasteiger partial charge >= 0.3 is 0 Å². The molecule has 3 nitrogen and oxygen atoms in total. The molecule has 0 aliphatic rings. The second-order valence-electron chi connectivity index (χ2n) is 3.66. The summed E-state index contributed by atoms with van der Waals surface area (Å²) >= 11 is 3.27. The van der Waals surface area contributed by atoms with Crippen LogP contribution in [0.3, 0.4) is 0 Å². The van der Waals surface area contributed by atoms with Crippen LogP contribution < -0.4 is 4.72 Å². The van der Waals surface area contributed by atoms with E-state index < -0.39 is 15.8 Å². The molecule has 0 radical (unpaired) electrons. The lowest BCUT2D eigenvalue weighted by Gasteiger charge is -2.15. The Morgan fingerprint density at radius 2 is 2.18 bits per heavy atom. The van der Waals surface area contributed by atoms with Crippen LogP contribution in [0.5, 0.6) is 0 Å². The predicted molar refractivity (Wildman–Crippen MR) is 69.2 cm³/mol. The van der Waals surface area contributed by atoms with Crippen LogP contribution in [-0.2, 0) is 10.0 Å². The van der Waals surface area contributed by atoms with E-state index in [9.17, 15) is 12.8 Å². The van der Waals surface area contributed by atoms with Gasteiger partial charge in [-0.3, -0.25) is 0 Å². The molecule has 0 heterocycles. The predicted octanol–water partition coefficient (Wildman–Crippen LogP) is 2.67. The summed E-state index contributed by atoms with van der Waals surface area (Å²) in [5, 5.41) is 0.719. The lowest BCUT2D eigenvalue weighted by Crippen LogP contribution is -2.34. The van der Waals surface area contributed by atoms with Crippen LogP contribution in [0.4, 0.5) is 4.39 Å². The van der Waals surface area contributed by atoms with E-state index in [2.05, 4.69) is 20.7 Å². The van der Waals surface area contributed by atoms with E-state index in [1.807, 2.05) is 6.92 Å². The van der Waals surface area contributed by atoms with Crippen molar-refractivity contribution in [1.82, 2.24) is 4.72 Å². The molecule has 1 rings (SSSR count). The molecule has 0 aromatic heterocycles. The second-order valence-corrected chi connectivity index (χ2v) is 6.17. The molecule has 1 atom stereocenters. The largest absolute Gasteiger partial charge is 0.240 e. The summed E-state index contributed by atoms with van der Waals surface area (Å²) in [5.74, 6) is -0.554. The average molecular weight is 324 g/mol. The lowest BCUT2D eigenvalue weighted by atomic mass is 10.2. The summed E-state index contributed by atoms with van der Waals surface area (Å²) in [4.78, 5) is -0.0366. The van der Waals surface area contributed by atoms with Crippen molar-refractivity contribution in [1.29, 1.82) is 0 Å². The van der Waals surface area contributed by atoms with Crippen molar-refractivity contribution in [3.05, 3.63) is 30.1 Å². The van der Waals surface area contributed by atoms with Crippen LogP contribution in [0.1, 0.15) is 19.8 Å². The summed E-state index contributed by atoms with van der Waals surface area (Å²) in [7, 11) is -3.63. The molecule has 0 spiro atoms. The zero-order valence-corrected chi connectivity index (χ0v) is 11.9. The molecule has 0 amide bonds. The van der Waals surface area contributed by atoms with Gasteiger partial charge in [-0.15, -0.1) is 0 Å². The van der Waals surface area contributed by atoms with Crippen molar-refractivity contribution >= 4 is 26.0 Å². The van der Waals surface area contributed by atoms with Gasteiger partial charge < -0.3 is 0 Å². The van der Waals surface area contributed by atoms with Gasteiger partial charge in [-0.25, -0.2) is 17.5 Å². The molecule has 1 unspecified atom stereocenters. The Kier molecular flexibility index (Phi) is 5.55. The van der Waals surface area contributed by atoms with Crippen molar-refractivity contribution < 1.29 is 12.8 Å². The van der Waals surface area contributed by atoms with Gasteiger partial charge in [-0.05, 0) is 31.0 Å². The number of rotatable bonds is 6. The Bertz CT molecular complexity index is 464. The standard InChI is InChI=1S/C11H15BrFNO2S/c1-2-10(6-7-12)14-17(15,16)11-5-3-4-9(13)8-11/h3-5,8,10,14H,2,6-7H2,1H3. The van der Waals surface area contributed by atoms with E-state index in [1.165, 1.54) is 18.2 Å². The van der Waals surface area contributed by atoms with Gasteiger partial charge in [0.25, 0.3) is 0 Å². The smallest absolute Gasteiger partial charge is 0.208 e. The Balaban J connectivity index is 2.88. The van der Waals surface area contributed by atoms with Crippen molar-refractivity contribution in [2.75, 3.05) is 5.33 Å². The quantitative estimate of drug-likeness (QED) is 0.818. The van der Waals surface area contributed by atoms with Crippen molar-refractivity contribution in [2.45, 2.75) is 30.7 Å².